The van der Waals surface area contributed by atoms with Gasteiger partial charge in [0.2, 0.25) is 0 Å². The Balaban J connectivity index is -0.000000405. The summed E-state index contributed by atoms with van der Waals surface area (Å²) in [6.07, 6.45) is 0. The van der Waals surface area contributed by atoms with Crippen molar-refractivity contribution in [3.63, 3.8) is 0 Å². The average molecular weight is 191 g/mol. The van der Waals surface area contributed by atoms with Crippen LogP contribution in [0.15, 0.2) is 0 Å². The molecule has 0 spiro atoms. The van der Waals surface area contributed by atoms with E-state index in [1.807, 2.05) is 0 Å². The van der Waals surface area contributed by atoms with Gasteiger partial charge in [-0.15, -0.1) is 0 Å². The number of aliphatic carboxylic acids is 2. The Morgan fingerprint density at radius 1 is 1.08 bits per heavy atom. The van der Waals surface area contributed by atoms with Crippen molar-refractivity contribution in [2.24, 2.45) is 0 Å². The fraction of sp³-hybridized carbons (Fsp3) is 0.600. The van der Waals surface area contributed by atoms with Crippen LogP contribution >= 0.6 is 0 Å². The molecule has 5 nitrogen and oxygen atoms in total. The average Bonchev–Trinajstić information content (AvgIpc) is 1.58. The molecule has 12 heavy (non-hydrogen) atoms. The van der Waals surface area contributed by atoms with Gasteiger partial charge in [-0.25, -0.2) is 0 Å². The van der Waals surface area contributed by atoms with Crippen molar-refractivity contribution >= 4 is 11.9 Å². The number of carbonyl (C=O) groups excluding carboxylic acids is 2. The third-order valence-electron chi connectivity index (χ3n) is 0.798. The molecule has 0 aromatic heterocycles. The third kappa shape index (κ3) is 13.5. The molecule has 7 heteroatoms. The van der Waals surface area contributed by atoms with Crippen LogP contribution in [0.25, 0.3) is 0 Å². The van der Waals surface area contributed by atoms with E-state index in [-0.39, 0.29) is 59.1 Å². The van der Waals surface area contributed by atoms with E-state index >= 15 is 0 Å². The van der Waals surface area contributed by atoms with E-state index in [0.29, 0.717) is 0 Å². The second-order valence-corrected chi connectivity index (χ2v) is 1.92. The molecule has 0 aromatic rings. The van der Waals surface area contributed by atoms with Crippen molar-refractivity contribution in [1.82, 2.24) is 4.90 Å². The number of hydrogen-bond acceptors (Lipinski definition) is 5. The van der Waals surface area contributed by atoms with E-state index in [1.165, 1.54) is 7.05 Å². The molecule has 0 saturated carbocycles. The Labute approximate surface area is 115 Å². The Kier molecular flexibility index (Phi) is 15.5. The molecular formula is C5H7NNa2O4. The number of rotatable bonds is 4. The van der Waals surface area contributed by atoms with Gasteiger partial charge in [-0.3, -0.25) is 4.90 Å². The van der Waals surface area contributed by atoms with Crippen LogP contribution in [0, 0.1) is 0 Å². The van der Waals surface area contributed by atoms with Crippen LogP contribution in [-0.4, -0.2) is 37.0 Å². The van der Waals surface area contributed by atoms with E-state index in [9.17, 15) is 19.8 Å². The number of likely N-dealkylation sites (N-methyl/N-ethyl adjacent to an activating group) is 1. The molecule has 0 aromatic carbocycles. The van der Waals surface area contributed by atoms with Crippen LogP contribution in [-0.2, 0) is 9.59 Å². The summed E-state index contributed by atoms with van der Waals surface area (Å²) in [5.41, 5.74) is 0. The van der Waals surface area contributed by atoms with Crippen molar-refractivity contribution < 1.29 is 78.9 Å². The number of hydrogen-bond donors (Lipinski definition) is 0. The van der Waals surface area contributed by atoms with Crippen LogP contribution in [0.5, 0.6) is 0 Å². The smallest absolute Gasteiger partial charge is 0.549 e. The molecule has 0 saturated heterocycles. The van der Waals surface area contributed by atoms with Gasteiger partial charge in [0.25, 0.3) is 0 Å². The molecule has 58 valence electrons. The summed E-state index contributed by atoms with van der Waals surface area (Å²) in [6.45, 7) is -0.790. The molecule has 0 rings (SSSR count). The largest absolute Gasteiger partial charge is 1.00 e. The molecule has 0 N–H and O–H groups in total. The summed E-state index contributed by atoms with van der Waals surface area (Å²) < 4.78 is 0. The molecule has 0 aliphatic heterocycles. The zero-order valence-electron chi connectivity index (χ0n) is 7.49. The van der Waals surface area contributed by atoms with Crippen molar-refractivity contribution in [3.8, 4) is 0 Å². The van der Waals surface area contributed by atoms with Gasteiger partial charge in [0.1, 0.15) is 0 Å². The van der Waals surface area contributed by atoms with Gasteiger partial charge in [-0.05, 0) is 7.05 Å². The first kappa shape index (κ1) is 18.6. The molecule has 0 aliphatic rings. The van der Waals surface area contributed by atoms with E-state index in [1.54, 1.807) is 0 Å². The van der Waals surface area contributed by atoms with E-state index in [0.717, 1.165) is 4.90 Å². The number of nitrogens with zero attached hydrogens (tertiary/aromatic N) is 1. The minimum absolute atomic E-state index is 0. The molecule has 0 heterocycles. The Morgan fingerprint density at radius 3 is 1.50 bits per heavy atom. The summed E-state index contributed by atoms with van der Waals surface area (Å²) in [6, 6.07) is 0. The quantitative estimate of drug-likeness (QED) is 0.412. The van der Waals surface area contributed by atoms with E-state index in [2.05, 4.69) is 0 Å². The maximum atomic E-state index is 9.83. The zero-order chi connectivity index (χ0) is 8.15. The minimum atomic E-state index is -1.30. The molecule has 0 aliphatic carbocycles. The molecule has 0 bridgehead atoms. The van der Waals surface area contributed by atoms with Gasteiger partial charge in [0.05, 0.1) is 11.9 Å². The number of carboxylic acid groups (broad SMARTS) is 2. The second-order valence-electron chi connectivity index (χ2n) is 1.92. The first-order valence-corrected chi connectivity index (χ1v) is 2.60. The maximum absolute atomic E-state index is 9.83. The van der Waals surface area contributed by atoms with Gasteiger partial charge in [-0.1, -0.05) is 0 Å². The molecule has 0 amide bonds. The maximum Gasteiger partial charge on any atom is 1.00 e. The van der Waals surface area contributed by atoms with E-state index < -0.39 is 25.0 Å². The first-order chi connectivity index (χ1) is 4.52. The van der Waals surface area contributed by atoms with E-state index in [4.69, 9.17) is 0 Å². The van der Waals surface area contributed by atoms with Crippen LogP contribution in [0.1, 0.15) is 0 Å². The van der Waals surface area contributed by atoms with Gasteiger partial charge in [0, 0.05) is 13.1 Å². The molecule has 0 unspecified atom stereocenters. The monoisotopic (exact) mass is 191 g/mol. The van der Waals surface area contributed by atoms with Gasteiger partial charge < -0.3 is 19.8 Å². The number of carboxylic acids is 2. The minimum Gasteiger partial charge on any atom is -0.549 e. The zero-order valence-corrected chi connectivity index (χ0v) is 11.5. The normalized spacial score (nSPS) is 8.17. The number of carbonyl (C=O) groups is 2. The van der Waals surface area contributed by atoms with Crippen LogP contribution in [0.3, 0.4) is 0 Å². The van der Waals surface area contributed by atoms with Crippen molar-refractivity contribution in [3.05, 3.63) is 0 Å². The van der Waals surface area contributed by atoms with Crippen molar-refractivity contribution in [1.29, 1.82) is 0 Å². The fourth-order valence-electron chi connectivity index (χ4n) is 0.497. The second kappa shape index (κ2) is 9.98. The summed E-state index contributed by atoms with van der Waals surface area (Å²) in [4.78, 5) is 20.7. The summed E-state index contributed by atoms with van der Waals surface area (Å²) in [7, 11) is 1.35. The third-order valence-corrected chi connectivity index (χ3v) is 0.798. The topological polar surface area (TPSA) is 83.5 Å². The molecule has 0 atom stereocenters. The summed E-state index contributed by atoms with van der Waals surface area (Å²) in [5, 5.41) is 19.7. The Morgan fingerprint density at radius 2 is 1.33 bits per heavy atom. The van der Waals surface area contributed by atoms with Gasteiger partial charge in [0.15, 0.2) is 0 Å². The Bertz CT molecular complexity index is 136. The first-order valence-electron chi connectivity index (χ1n) is 2.60. The summed E-state index contributed by atoms with van der Waals surface area (Å²) in [5.74, 6) is -2.60. The predicted octanol–water partition coefficient (Wildman–Crippen LogP) is -9.57. The van der Waals surface area contributed by atoms with Crippen LogP contribution in [0.4, 0.5) is 0 Å². The van der Waals surface area contributed by atoms with Crippen LogP contribution < -0.4 is 69.3 Å². The van der Waals surface area contributed by atoms with Gasteiger partial charge >= 0.3 is 59.1 Å². The SMILES string of the molecule is CN(CC(=O)[O-])CC(=O)[O-].[Na+].[Na+]. The van der Waals surface area contributed by atoms with Gasteiger partial charge in [-0.2, -0.15) is 0 Å². The molecule has 0 fully saturated rings. The van der Waals surface area contributed by atoms with Crippen LogP contribution in [0.2, 0.25) is 0 Å². The predicted molar refractivity (Wildman–Crippen MR) is 27.5 cm³/mol. The molecule has 0 radical (unpaired) electrons. The molecular weight excluding hydrogens is 184 g/mol. The van der Waals surface area contributed by atoms with Crippen molar-refractivity contribution in [2.75, 3.05) is 20.1 Å². The Hall–Kier alpha value is 0.900. The van der Waals surface area contributed by atoms with Crippen molar-refractivity contribution in [2.45, 2.75) is 0 Å². The standard InChI is InChI=1S/C5H9NO4.2Na/c1-6(2-4(7)8)3-5(9)10;;/h2-3H2,1H3,(H,7,8)(H,9,10);;/q;2*+1/p-2. The summed E-state index contributed by atoms with van der Waals surface area (Å²) >= 11 is 0. The fourth-order valence-corrected chi connectivity index (χ4v) is 0.497.